The van der Waals surface area contributed by atoms with Gasteiger partial charge in [-0.25, -0.2) is 9.59 Å². The van der Waals surface area contributed by atoms with Crippen LogP contribution in [0.2, 0.25) is 5.02 Å². The largest absolute Gasteiger partial charge is 0.419 e. The quantitative estimate of drug-likeness (QED) is 0.473. The SMILES string of the molecule is Cc1cc(Cl)c(NC=C2C(=O)OC(C)(C)OC2=O)c(Br)c1C. The Hall–Kier alpha value is -1.53. The van der Waals surface area contributed by atoms with E-state index in [1.54, 1.807) is 6.07 Å². The third-order valence-electron chi connectivity index (χ3n) is 3.20. The maximum atomic E-state index is 11.9. The highest BCUT2D eigenvalue weighted by Crippen LogP contribution is 2.35. The molecule has 0 atom stereocenters. The normalized spacial score (nSPS) is 16.9. The van der Waals surface area contributed by atoms with Crippen LogP contribution in [-0.4, -0.2) is 17.7 Å². The zero-order valence-electron chi connectivity index (χ0n) is 12.5. The molecule has 0 unspecified atom stereocenters. The van der Waals surface area contributed by atoms with Gasteiger partial charge in [-0.1, -0.05) is 11.6 Å². The van der Waals surface area contributed by atoms with Gasteiger partial charge in [-0.2, -0.15) is 0 Å². The monoisotopic (exact) mass is 387 g/mol. The molecular weight excluding hydrogens is 374 g/mol. The van der Waals surface area contributed by atoms with Crippen molar-refractivity contribution in [2.24, 2.45) is 0 Å². The average Bonchev–Trinajstić information content (AvgIpc) is 2.37. The first-order valence-electron chi connectivity index (χ1n) is 6.51. The van der Waals surface area contributed by atoms with Gasteiger partial charge >= 0.3 is 11.9 Å². The number of ether oxygens (including phenoxy) is 2. The average molecular weight is 389 g/mol. The Balaban J connectivity index is 2.32. The summed E-state index contributed by atoms with van der Waals surface area (Å²) in [5, 5.41) is 3.33. The predicted octanol–water partition coefficient (Wildman–Crippen LogP) is 3.85. The van der Waals surface area contributed by atoms with Crippen molar-refractivity contribution in [1.82, 2.24) is 0 Å². The lowest BCUT2D eigenvalue weighted by Gasteiger charge is -2.29. The molecular formula is C15H15BrClNO4. The molecule has 1 N–H and O–H groups in total. The third kappa shape index (κ3) is 3.28. The van der Waals surface area contributed by atoms with Gasteiger partial charge in [0.05, 0.1) is 10.7 Å². The molecule has 0 radical (unpaired) electrons. The van der Waals surface area contributed by atoms with Crippen LogP contribution in [0.5, 0.6) is 0 Å². The topological polar surface area (TPSA) is 64.6 Å². The van der Waals surface area contributed by atoms with E-state index in [4.69, 9.17) is 21.1 Å². The fourth-order valence-corrected chi connectivity index (χ4v) is 2.96. The van der Waals surface area contributed by atoms with E-state index in [0.29, 0.717) is 10.7 Å². The summed E-state index contributed by atoms with van der Waals surface area (Å²) in [5.74, 6) is -2.75. The second-order valence-electron chi connectivity index (χ2n) is 5.37. The van der Waals surface area contributed by atoms with Crippen molar-refractivity contribution in [2.75, 3.05) is 5.32 Å². The molecule has 2 rings (SSSR count). The number of cyclic esters (lactones) is 2. The minimum absolute atomic E-state index is 0.222. The molecule has 0 saturated carbocycles. The highest BCUT2D eigenvalue weighted by Gasteiger charge is 2.39. The van der Waals surface area contributed by atoms with E-state index in [1.807, 2.05) is 13.8 Å². The molecule has 1 aliphatic heterocycles. The molecule has 7 heteroatoms. The van der Waals surface area contributed by atoms with E-state index < -0.39 is 17.7 Å². The molecule has 1 aromatic rings. The number of hydrogen-bond acceptors (Lipinski definition) is 5. The van der Waals surface area contributed by atoms with Gasteiger partial charge in [0.2, 0.25) is 0 Å². The molecule has 5 nitrogen and oxygen atoms in total. The summed E-state index contributed by atoms with van der Waals surface area (Å²) in [6.45, 7) is 6.85. The lowest BCUT2D eigenvalue weighted by Crippen LogP contribution is -2.42. The number of nitrogens with one attached hydrogen (secondary N) is 1. The van der Waals surface area contributed by atoms with Gasteiger partial charge in [-0.15, -0.1) is 0 Å². The van der Waals surface area contributed by atoms with E-state index in [2.05, 4.69) is 21.2 Å². The smallest absolute Gasteiger partial charge is 0.350 e. The van der Waals surface area contributed by atoms with Crippen molar-refractivity contribution < 1.29 is 19.1 Å². The van der Waals surface area contributed by atoms with Crippen molar-refractivity contribution in [1.29, 1.82) is 0 Å². The second-order valence-corrected chi connectivity index (χ2v) is 6.57. The standard InChI is InChI=1S/C15H15BrClNO4/c1-7-5-10(17)12(11(16)8(7)2)18-6-9-13(19)21-15(3,4)22-14(9)20/h5-6,18H,1-4H3. The van der Waals surface area contributed by atoms with Gasteiger partial charge in [0.1, 0.15) is 0 Å². The Morgan fingerprint density at radius 2 is 1.77 bits per heavy atom. The Labute approximate surface area is 141 Å². The van der Waals surface area contributed by atoms with Crippen molar-refractivity contribution in [3.05, 3.63) is 38.5 Å². The molecule has 118 valence electrons. The number of esters is 2. The van der Waals surface area contributed by atoms with E-state index in [9.17, 15) is 9.59 Å². The van der Waals surface area contributed by atoms with Crippen LogP contribution in [0.25, 0.3) is 0 Å². The van der Waals surface area contributed by atoms with Gasteiger partial charge in [-0.05, 0) is 47.0 Å². The van der Waals surface area contributed by atoms with Crippen molar-refractivity contribution in [3.63, 3.8) is 0 Å². The Kier molecular flexibility index (Phi) is 4.54. The van der Waals surface area contributed by atoms with Crippen LogP contribution < -0.4 is 5.32 Å². The Morgan fingerprint density at radius 3 is 2.32 bits per heavy atom. The van der Waals surface area contributed by atoms with Gasteiger partial charge in [0.25, 0.3) is 5.79 Å². The van der Waals surface area contributed by atoms with E-state index in [0.717, 1.165) is 15.6 Å². The molecule has 1 heterocycles. The maximum absolute atomic E-state index is 11.9. The molecule has 0 aliphatic carbocycles. The van der Waals surface area contributed by atoms with Crippen LogP contribution >= 0.6 is 27.5 Å². The highest BCUT2D eigenvalue weighted by atomic mass is 79.9. The minimum Gasteiger partial charge on any atom is -0.419 e. The summed E-state index contributed by atoms with van der Waals surface area (Å²) < 4.78 is 10.8. The van der Waals surface area contributed by atoms with Gasteiger partial charge in [0, 0.05) is 24.5 Å². The number of halogens is 2. The molecule has 1 saturated heterocycles. The zero-order valence-corrected chi connectivity index (χ0v) is 14.9. The highest BCUT2D eigenvalue weighted by molar-refractivity contribution is 9.10. The zero-order chi connectivity index (χ0) is 16.7. The second kappa shape index (κ2) is 5.93. The van der Waals surface area contributed by atoms with Crippen molar-refractivity contribution in [2.45, 2.75) is 33.5 Å². The Morgan fingerprint density at radius 1 is 1.23 bits per heavy atom. The van der Waals surface area contributed by atoms with Gasteiger partial charge in [0.15, 0.2) is 5.57 Å². The lowest BCUT2D eigenvalue weighted by atomic mass is 10.1. The summed E-state index contributed by atoms with van der Waals surface area (Å²) in [6.07, 6.45) is 1.24. The number of anilines is 1. The Bertz CT molecular complexity index is 675. The van der Waals surface area contributed by atoms with E-state index >= 15 is 0 Å². The molecule has 1 fully saturated rings. The first kappa shape index (κ1) is 16.8. The number of hydrogen-bond donors (Lipinski definition) is 1. The maximum Gasteiger partial charge on any atom is 0.350 e. The summed E-state index contributed by atoms with van der Waals surface area (Å²) >= 11 is 9.64. The third-order valence-corrected chi connectivity index (χ3v) is 4.49. The van der Waals surface area contributed by atoms with Crippen molar-refractivity contribution >= 4 is 45.2 Å². The molecule has 22 heavy (non-hydrogen) atoms. The van der Waals surface area contributed by atoms with Crippen LogP contribution in [0.1, 0.15) is 25.0 Å². The van der Waals surface area contributed by atoms with Crippen LogP contribution in [-0.2, 0) is 19.1 Å². The minimum atomic E-state index is -1.26. The molecule has 0 amide bonds. The molecule has 0 bridgehead atoms. The summed E-state index contributed by atoms with van der Waals surface area (Å²) in [7, 11) is 0. The van der Waals surface area contributed by atoms with Gasteiger partial charge < -0.3 is 14.8 Å². The molecule has 0 aromatic heterocycles. The fraction of sp³-hybridized carbons (Fsp3) is 0.333. The number of rotatable bonds is 2. The first-order chi connectivity index (χ1) is 10.1. The van der Waals surface area contributed by atoms with Crippen LogP contribution in [0.15, 0.2) is 22.3 Å². The molecule has 1 aliphatic rings. The molecule has 0 spiro atoms. The first-order valence-corrected chi connectivity index (χ1v) is 7.68. The van der Waals surface area contributed by atoms with Crippen LogP contribution in [0, 0.1) is 13.8 Å². The number of carbonyl (C=O) groups excluding carboxylic acids is 2. The van der Waals surface area contributed by atoms with Crippen LogP contribution in [0.4, 0.5) is 5.69 Å². The van der Waals surface area contributed by atoms with Gasteiger partial charge in [-0.3, -0.25) is 0 Å². The predicted molar refractivity (Wildman–Crippen MR) is 86.6 cm³/mol. The summed E-state index contributed by atoms with van der Waals surface area (Å²) in [5.41, 5.74) is 2.36. The fourth-order valence-electron chi connectivity index (χ4n) is 1.89. The number of aryl methyl sites for hydroxylation is 1. The number of benzene rings is 1. The van der Waals surface area contributed by atoms with E-state index in [1.165, 1.54) is 20.0 Å². The lowest BCUT2D eigenvalue weighted by molar-refractivity contribution is -0.222. The van der Waals surface area contributed by atoms with Crippen molar-refractivity contribution in [3.8, 4) is 0 Å². The molecule has 1 aromatic carbocycles. The summed E-state index contributed by atoms with van der Waals surface area (Å²) in [4.78, 5) is 23.7. The number of carbonyl (C=O) groups is 2. The summed E-state index contributed by atoms with van der Waals surface area (Å²) in [6, 6.07) is 1.79. The van der Waals surface area contributed by atoms with E-state index in [-0.39, 0.29) is 5.57 Å². The van der Waals surface area contributed by atoms with Crippen LogP contribution in [0.3, 0.4) is 0 Å².